The highest BCUT2D eigenvalue weighted by Crippen LogP contribution is 2.27. The summed E-state index contributed by atoms with van der Waals surface area (Å²) in [6, 6.07) is 6.35. The molecule has 1 atom stereocenters. The first-order chi connectivity index (χ1) is 11.9. The monoisotopic (exact) mass is 347 g/mol. The van der Waals surface area contributed by atoms with E-state index in [2.05, 4.69) is 10.3 Å². The van der Waals surface area contributed by atoms with Gasteiger partial charge in [0.05, 0.1) is 18.1 Å². The maximum atomic E-state index is 12.3. The first-order valence-electron chi connectivity index (χ1n) is 8.20. The van der Waals surface area contributed by atoms with Crippen molar-refractivity contribution in [1.29, 1.82) is 0 Å². The summed E-state index contributed by atoms with van der Waals surface area (Å²) in [7, 11) is 0. The number of ether oxygens (including phenoxy) is 2. The number of hydrogen-bond acceptors (Lipinski definition) is 5. The van der Waals surface area contributed by atoms with Crippen LogP contribution in [-0.4, -0.2) is 41.4 Å². The lowest BCUT2D eigenvalue weighted by Gasteiger charge is -2.25. The molecule has 1 aromatic heterocycles. The molecule has 1 aliphatic rings. The van der Waals surface area contributed by atoms with E-state index < -0.39 is 10.7 Å². The van der Waals surface area contributed by atoms with Gasteiger partial charge in [0, 0.05) is 24.4 Å². The molecule has 2 heterocycles. The number of aromatic amines is 1. The number of carbonyl (C=O) groups excluding carboxylic acids is 1. The van der Waals surface area contributed by atoms with Gasteiger partial charge in [0.1, 0.15) is 11.2 Å². The second kappa shape index (κ2) is 6.81. The zero-order chi connectivity index (χ0) is 18.0. The number of rotatable bonds is 6. The van der Waals surface area contributed by atoms with Gasteiger partial charge in [-0.05, 0) is 18.9 Å². The number of fused-ring (bicyclic) bond motifs is 1. The van der Waals surface area contributed by atoms with Crippen LogP contribution < -0.4 is 5.32 Å². The minimum Gasteiger partial charge on any atom is -0.350 e. The third kappa shape index (κ3) is 3.80. The lowest BCUT2D eigenvalue weighted by Crippen LogP contribution is -2.34. The fourth-order valence-corrected chi connectivity index (χ4v) is 3.16. The number of H-pyrrole nitrogens is 1. The quantitative estimate of drug-likeness (QED) is 0.617. The van der Waals surface area contributed by atoms with Crippen molar-refractivity contribution in [2.24, 2.45) is 5.92 Å². The Labute approximate surface area is 144 Å². The van der Waals surface area contributed by atoms with Gasteiger partial charge in [-0.2, -0.15) is 0 Å². The van der Waals surface area contributed by atoms with Crippen LogP contribution in [0.25, 0.3) is 10.9 Å². The van der Waals surface area contributed by atoms with E-state index >= 15 is 0 Å². The lowest BCUT2D eigenvalue weighted by atomic mass is 10.0. The molecule has 8 heteroatoms. The third-order valence-electron chi connectivity index (χ3n) is 4.30. The number of carbonyl (C=O) groups is 1. The van der Waals surface area contributed by atoms with Crippen LogP contribution in [0.1, 0.15) is 30.8 Å². The number of nitro groups is 1. The highest BCUT2D eigenvalue weighted by Gasteiger charge is 2.32. The van der Waals surface area contributed by atoms with Crippen LogP contribution in [0, 0.1) is 16.0 Å². The van der Waals surface area contributed by atoms with E-state index in [1.54, 1.807) is 18.2 Å². The van der Waals surface area contributed by atoms with Crippen LogP contribution in [-0.2, 0) is 9.47 Å². The van der Waals surface area contributed by atoms with Crippen molar-refractivity contribution in [2.45, 2.75) is 26.1 Å². The molecule has 1 aromatic carbocycles. The van der Waals surface area contributed by atoms with E-state index in [1.165, 1.54) is 6.07 Å². The molecular formula is C17H21N3O5. The molecule has 1 aliphatic heterocycles. The first kappa shape index (κ1) is 17.4. The van der Waals surface area contributed by atoms with Crippen LogP contribution in [0.2, 0.25) is 0 Å². The van der Waals surface area contributed by atoms with Gasteiger partial charge in [-0.3, -0.25) is 14.9 Å². The van der Waals surface area contributed by atoms with Crippen molar-refractivity contribution < 1.29 is 19.2 Å². The summed E-state index contributed by atoms with van der Waals surface area (Å²) < 4.78 is 11.1. The van der Waals surface area contributed by atoms with Crippen LogP contribution in [0.4, 0.5) is 5.69 Å². The Morgan fingerprint density at radius 1 is 1.44 bits per heavy atom. The van der Waals surface area contributed by atoms with Crippen LogP contribution >= 0.6 is 0 Å². The smallest absolute Gasteiger partial charge is 0.293 e. The fourth-order valence-electron chi connectivity index (χ4n) is 3.16. The normalized spacial score (nSPS) is 17.5. The Bertz CT molecular complexity index is 795. The molecule has 2 aromatic rings. The molecule has 1 amide bonds. The second-order valence-electron chi connectivity index (χ2n) is 6.53. The standard InChI is InChI=1S/C17H21N3O5/c1-11(9-17(2)24-6-7-25-17)10-18-16(21)13-8-12-4-3-5-14(20(22)23)15(12)19-13/h3-5,8,11,19H,6-7,9-10H2,1-2H3,(H,18,21)/t11-/m0/s1. The molecule has 0 unspecified atom stereocenters. The molecule has 25 heavy (non-hydrogen) atoms. The van der Waals surface area contributed by atoms with E-state index in [4.69, 9.17) is 9.47 Å². The van der Waals surface area contributed by atoms with Crippen molar-refractivity contribution in [2.75, 3.05) is 19.8 Å². The van der Waals surface area contributed by atoms with Gasteiger partial charge in [0.2, 0.25) is 0 Å². The summed E-state index contributed by atoms with van der Waals surface area (Å²) in [5.41, 5.74) is 0.607. The zero-order valence-corrected chi connectivity index (χ0v) is 14.2. The molecule has 1 fully saturated rings. The molecule has 0 radical (unpaired) electrons. The van der Waals surface area contributed by atoms with E-state index in [0.29, 0.717) is 42.8 Å². The van der Waals surface area contributed by atoms with Gasteiger partial charge >= 0.3 is 0 Å². The van der Waals surface area contributed by atoms with Gasteiger partial charge in [-0.1, -0.05) is 19.1 Å². The highest BCUT2D eigenvalue weighted by molar-refractivity contribution is 6.00. The number of benzene rings is 1. The number of hydrogen-bond donors (Lipinski definition) is 2. The molecule has 1 saturated heterocycles. The van der Waals surface area contributed by atoms with E-state index in [9.17, 15) is 14.9 Å². The van der Waals surface area contributed by atoms with Crippen LogP contribution in [0.3, 0.4) is 0 Å². The minimum absolute atomic E-state index is 0.0478. The lowest BCUT2D eigenvalue weighted by molar-refractivity contribution is -0.383. The van der Waals surface area contributed by atoms with Crippen LogP contribution in [0.15, 0.2) is 24.3 Å². The molecule has 0 bridgehead atoms. The van der Waals surface area contributed by atoms with Gasteiger partial charge in [0.25, 0.3) is 11.6 Å². The molecule has 134 valence electrons. The number of nitrogens with zero attached hydrogens (tertiary/aromatic N) is 1. The van der Waals surface area contributed by atoms with Crippen LogP contribution in [0.5, 0.6) is 0 Å². The molecule has 0 aliphatic carbocycles. The topological polar surface area (TPSA) is 106 Å². The number of amides is 1. The molecule has 0 spiro atoms. The summed E-state index contributed by atoms with van der Waals surface area (Å²) in [6.07, 6.45) is 0.672. The summed E-state index contributed by atoms with van der Waals surface area (Å²) in [5.74, 6) is -0.729. The number of nitro benzene ring substituents is 1. The largest absolute Gasteiger partial charge is 0.350 e. The van der Waals surface area contributed by atoms with Crippen molar-refractivity contribution in [3.63, 3.8) is 0 Å². The van der Waals surface area contributed by atoms with E-state index in [1.807, 2.05) is 13.8 Å². The number of para-hydroxylation sites is 1. The summed E-state index contributed by atoms with van der Waals surface area (Å²) >= 11 is 0. The molecular weight excluding hydrogens is 326 g/mol. The Balaban J connectivity index is 1.64. The fraction of sp³-hybridized carbons (Fsp3) is 0.471. The summed E-state index contributed by atoms with van der Waals surface area (Å²) in [5, 5.41) is 14.5. The van der Waals surface area contributed by atoms with E-state index in [-0.39, 0.29) is 17.5 Å². The van der Waals surface area contributed by atoms with Crippen molar-refractivity contribution in [1.82, 2.24) is 10.3 Å². The predicted octanol–water partition coefficient (Wildman–Crippen LogP) is 2.60. The molecule has 8 nitrogen and oxygen atoms in total. The second-order valence-corrected chi connectivity index (χ2v) is 6.53. The average Bonchev–Trinajstić information content (AvgIpc) is 3.18. The predicted molar refractivity (Wildman–Crippen MR) is 91.4 cm³/mol. The number of non-ortho nitro benzene ring substituents is 1. The molecule has 3 rings (SSSR count). The number of aromatic nitrogens is 1. The third-order valence-corrected chi connectivity index (χ3v) is 4.30. The van der Waals surface area contributed by atoms with E-state index in [0.717, 1.165) is 0 Å². The van der Waals surface area contributed by atoms with Crippen molar-refractivity contribution in [3.8, 4) is 0 Å². The highest BCUT2D eigenvalue weighted by atomic mass is 16.7. The molecule has 0 saturated carbocycles. The SMILES string of the molecule is C[C@H](CNC(=O)c1cc2cccc([N+](=O)[O-])c2[nH]1)CC1(C)OCCO1. The van der Waals surface area contributed by atoms with Gasteiger partial charge in [0.15, 0.2) is 5.79 Å². The Kier molecular flexibility index (Phi) is 4.73. The summed E-state index contributed by atoms with van der Waals surface area (Å²) in [4.78, 5) is 25.8. The van der Waals surface area contributed by atoms with Gasteiger partial charge in [-0.25, -0.2) is 0 Å². The van der Waals surface area contributed by atoms with Gasteiger partial charge < -0.3 is 19.8 Å². The Morgan fingerprint density at radius 3 is 2.84 bits per heavy atom. The van der Waals surface area contributed by atoms with Gasteiger partial charge in [-0.15, -0.1) is 0 Å². The number of nitrogens with one attached hydrogen (secondary N) is 2. The average molecular weight is 347 g/mol. The summed E-state index contributed by atoms with van der Waals surface area (Å²) in [6.45, 7) is 5.53. The minimum atomic E-state index is -0.591. The maximum absolute atomic E-state index is 12.3. The molecule has 2 N–H and O–H groups in total. The zero-order valence-electron chi connectivity index (χ0n) is 14.2. The Hall–Kier alpha value is -2.45. The maximum Gasteiger partial charge on any atom is 0.293 e. The van der Waals surface area contributed by atoms with Crippen molar-refractivity contribution >= 4 is 22.5 Å². The Morgan fingerprint density at radius 2 is 2.16 bits per heavy atom. The van der Waals surface area contributed by atoms with Crippen molar-refractivity contribution in [3.05, 3.63) is 40.1 Å². The first-order valence-corrected chi connectivity index (χ1v) is 8.20.